The van der Waals surface area contributed by atoms with Crippen LogP contribution >= 0.6 is 11.8 Å². The van der Waals surface area contributed by atoms with Gasteiger partial charge in [0.2, 0.25) is 0 Å². The average molecular weight is 301 g/mol. The summed E-state index contributed by atoms with van der Waals surface area (Å²) in [6.07, 6.45) is 0.920. The molecule has 2 nitrogen and oxygen atoms in total. The van der Waals surface area contributed by atoms with Crippen molar-refractivity contribution in [3.8, 4) is 5.75 Å². The van der Waals surface area contributed by atoms with Gasteiger partial charge in [-0.1, -0.05) is 18.2 Å². The van der Waals surface area contributed by atoms with E-state index in [1.54, 1.807) is 0 Å². The Morgan fingerprint density at radius 2 is 1.76 bits per heavy atom. The van der Waals surface area contributed by atoms with Crippen LogP contribution in [-0.4, -0.2) is 18.9 Å². The first-order valence-corrected chi connectivity index (χ1v) is 8.29. The first-order valence-electron chi connectivity index (χ1n) is 7.31. The largest absolute Gasteiger partial charge is 0.493 e. The molecular weight excluding hydrogens is 278 g/mol. The Hall–Kier alpha value is -1.45. The Kier molecular flexibility index (Phi) is 6.15. The molecule has 0 aromatic heterocycles. The first-order chi connectivity index (χ1) is 10.2. The van der Waals surface area contributed by atoms with Gasteiger partial charge in [-0.2, -0.15) is 0 Å². The predicted octanol–water partition coefficient (Wildman–Crippen LogP) is 3.98. The lowest BCUT2D eigenvalue weighted by molar-refractivity contribution is 0.344. The Morgan fingerprint density at radius 1 is 1.00 bits per heavy atom. The average Bonchev–Trinajstić information content (AvgIpc) is 2.49. The van der Waals surface area contributed by atoms with E-state index < -0.39 is 0 Å². The summed E-state index contributed by atoms with van der Waals surface area (Å²) in [7, 11) is 0. The molecule has 2 aromatic carbocycles. The fourth-order valence-corrected chi connectivity index (χ4v) is 2.87. The number of hydrogen-bond acceptors (Lipinski definition) is 3. The number of benzene rings is 2. The van der Waals surface area contributed by atoms with Gasteiger partial charge in [-0.15, -0.1) is 11.8 Å². The van der Waals surface area contributed by atoms with Crippen molar-refractivity contribution in [1.29, 1.82) is 0 Å². The molecule has 2 N–H and O–H groups in total. The molecule has 0 unspecified atom stereocenters. The van der Waals surface area contributed by atoms with Crippen molar-refractivity contribution in [3.63, 3.8) is 0 Å². The van der Waals surface area contributed by atoms with E-state index in [0.29, 0.717) is 13.2 Å². The second-order valence-electron chi connectivity index (χ2n) is 5.13. The van der Waals surface area contributed by atoms with Crippen LogP contribution < -0.4 is 10.5 Å². The summed E-state index contributed by atoms with van der Waals surface area (Å²) in [4.78, 5) is 1.31. The molecule has 112 valence electrons. The smallest absolute Gasteiger partial charge is 0.119 e. The van der Waals surface area contributed by atoms with Gasteiger partial charge >= 0.3 is 0 Å². The molecule has 0 heterocycles. The van der Waals surface area contributed by atoms with Crippen molar-refractivity contribution in [2.24, 2.45) is 5.73 Å². The van der Waals surface area contributed by atoms with Crippen LogP contribution in [0.3, 0.4) is 0 Å². The Labute approximate surface area is 131 Å². The standard InChI is InChI=1S/C18H23NOS/c1-14-3-8-18(13-15(14)2)21-12-11-20-17-6-4-16(5-7-17)9-10-19/h3-8,13H,9-12,19H2,1-2H3. The van der Waals surface area contributed by atoms with E-state index in [0.717, 1.165) is 17.9 Å². The topological polar surface area (TPSA) is 35.2 Å². The zero-order chi connectivity index (χ0) is 15.1. The van der Waals surface area contributed by atoms with Crippen LogP contribution in [0.25, 0.3) is 0 Å². The third-order valence-electron chi connectivity index (χ3n) is 3.46. The number of thioether (sulfide) groups is 1. The van der Waals surface area contributed by atoms with Crippen molar-refractivity contribution in [2.45, 2.75) is 25.2 Å². The van der Waals surface area contributed by atoms with E-state index in [1.807, 2.05) is 23.9 Å². The molecule has 0 aliphatic carbocycles. The highest BCUT2D eigenvalue weighted by Gasteiger charge is 1.99. The van der Waals surface area contributed by atoms with Crippen LogP contribution in [0.2, 0.25) is 0 Å². The minimum atomic E-state index is 0.687. The maximum atomic E-state index is 5.76. The number of ether oxygens (including phenoxy) is 1. The van der Waals surface area contributed by atoms with E-state index in [2.05, 4.69) is 44.2 Å². The van der Waals surface area contributed by atoms with Gasteiger partial charge in [0, 0.05) is 10.6 Å². The SMILES string of the molecule is Cc1ccc(SCCOc2ccc(CCN)cc2)cc1C. The Bertz CT molecular complexity index is 566. The van der Waals surface area contributed by atoms with Crippen molar-refractivity contribution >= 4 is 11.8 Å². The molecule has 0 radical (unpaired) electrons. The molecule has 0 aliphatic heterocycles. The number of nitrogens with two attached hydrogens (primary N) is 1. The highest BCUT2D eigenvalue weighted by atomic mass is 32.2. The summed E-state index contributed by atoms with van der Waals surface area (Å²) in [5.74, 6) is 1.88. The van der Waals surface area contributed by atoms with Gasteiger partial charge in [0.05, 0.1) is 6.61 Å². The molecule has 0 fully saturated rings. The quantitative estimate of drug-likeness (QED) is 0.620. The van der Waals surface area contributed by atoms with Gasteiger partial charge in [-0.05, 0) is 67.8 Å². The second-order valence-corrected chi connectivity index (χ2v) is 6.29. The minimum absolute atomic E-state index is 0.687. The van der Waals surface area contributed by atoms with Gasteiger partial charge in [0.15, 0.2) is 0 Å². The molecule has 0 saturated carbocycles. The van der Waals surface area contributed by atoms with Gasteiger partial charge in [-0.3, -0.25) is 0 Å². The summed E-state index contributed by atoms with van der Waals surface area (Å²) in [5.41, 5.74) is 9.48. The van der Waals surface area contributed by atoms with Gasteiger partial charge in [0.25, 0.3) is 0 Å². The molecule has 0 aliphatic rings. The van der Waals surface area contributed by atoms with E-state index in [4.69, 9.17) is 10.5 Å². The monoisotopic (exact) mass is 301 g/mol. The summed E-state index contributed by atoms with van der Waals surface area (Å²) in [5, 5.41) is 0. The maximum absolute atomic E-state index is 5.76. The van der Waals surface area contributed by atoms with Crippen molar-refractivity contribution in [2.75, 3.05) is 18.9 Å². The van der Waals surface area contributed by atoms with Crippen LogP contribution in [0.4, 0.5) is 0 Å². The minimum Gasteiger partial charge on any atom is -0.493 e. The van der Waals surface area contributed by atoms with Gasteiger partial charge in [0.1, 0.15) is 5.75 Å². The third kappa shape index (κ3) is 5.10. The van der Waals surface area contributed by atoms with Crippen molar-refractivity contribution in [3.05, 3.63) is 59.2 Å². The highest BCUT2D eigenvalue weighted by Crippen LogP contribution is 2.21. The fraction of sp³-hybridized carbons (Fsp3) is 0.333. The van der Waals surface area contributed by atoms with E-state index in [-0.39, 0.29) is 0 Å². The normalized spacial score (nSPS) is 10.6. The molecule has 0 saturated heterocycles. The molecule has 2 aromatic rings. The fourth-order valence-electron chi connectivity index (χ4n) is 2.04. The molecular formula is C18H23NOS. The molecule has 0 spiro atoms. The molecule has 0 atom stereocenters. The van der Waals surface area contributed by atoms with E-state index >= 15 is 0 Å². The number of hydrogen-bond donors (Lipinski definition) is 1. The van der Waals surface area contributed by atoms with Crippen LogP contribution in [0.15, 0.2) is 47.4 Å². The zero-order valence-electron chi connectivity index (χ0n) is 12.8. The van der Waals surface area contributed by atoms with Crippen molar-refractivity contribution < 1.29 is 4.74 Å². The first kappa shape index (κ1) is 15.9. The van der Waals surface area contributed by atoms with Crippen LogP contribution in [0.5, 0.6) is 5.75 Å². The summed E-state index contributed by atoms with van der Waals surface area (Å²) >= 11 is 1.83. The Morgan fingerprint density at radius 3 is 2.43 bits per heavy atom. The lowest BCUT2D eigenvalue weighted by Crippen LogP contribution is -2.03. The summed E-state index contributed by atoms with van der Waals surface area (Å²) in [6, 6.07) is 14.8. The van der Waals surface area contributed by atoms with Gasteiger partial charge < -0.3 is 10.5 Å². The van der Waals surface area contributed by atoms with Crippen molar-refractivity contribution in [1.82, 2.24) is 0 Å². The van der Waals surface area contributed by atoms with E-state index in [9.17, 15) is 0 Å². The summed E-state index contributed by atoms with van der Waals surface area (Å²) in [6.45, 7) is 5.70. The third-order valence-corrected chi connectivity index (χ3v) is 4.41. The second kappa shape index (κ2) is 8.11. The molecule has 21 heavy (non-hydrogen) atoms. The maximum Gasteiger partial charge on any atom is 0.119 e. The number of aryl methyl sites for hydroxylation is 2. The molecule has 0 bridgehead atoms. The summed E-state index contributed by atoms with van der Waals surface area (Å²) < 4.78 is 5.76. The van der Waals surface area contributed by atoms with E-state index in [1.165, 1.54) is 21.6 Å². The number of rotatable bonds is 7. The lowest BCUT2D eigenvalue weighted by Gasteiger charge is -2.08. The Balaban J connectivity index is 1.75. The van der Waals surface area contributed by atoms with Crippen LogP contribution in [0, 0.1) is 13.8 Å². The lowest BCUT2D eigenvalue weighted by atomic mass is 10.1. The van der Waals surface area contributed by atoms with Crippen LogP contribution in [0.1, 0.15) is 16.7 Å². The molecule has 3 heteroatoms. The zero-order valence-corrected chi connectivity index (χ0v) is 13.6. The van der Waals surface area contributed by atoms with Gasteiger partial charge in [-0.25, -0.2) is 0 Å². The molecule has 0 amide bonds. The predicted molar refractivity (Wildman–Crippen MR) is 91.3 cm³/mol. The highest BCUT2D eigenvalue weighted by molar-refractivity contribution is 7.99. The van der Waals surface area contributed by atoms with Crippen LogP contribution in [-0.2, 0) is 6.42 Å². The molecule has 2 rings (SSSR count).